The number of halogens is 2. The molecule has 0 aliphatic carbocycles. The number of carbonyl (C=O) groups excluding carboxylic acids is 1. The molecule has 0 saturated carbocycles. The van der Waals surface area contributed by atoms with Gasteiger partial charge in [0.2, 0.25) is 0 Å². The highest BCUT2D eigenvalue weighted by molar-refractivity contribution is 6.30. The molecular weight excluding hydrogens is 307 g/mol. The molecule has 1 N–H and O–H groups in total. The lowest BCUT2D eigenvalue weighted by Gasteiger charge is -1.88. The van der Waals surface area contributed by atoms with E-state index >= 15 is 0 Å². The average molecular weight is 311 g/mol. The van der Waals surface area contributed by atoms with E-state index in [4.69, 9.17) is 23.2 Å². The fraction of sp³-hybridized carbons (Fsp3) is 0. The molecule has 1 heterocycles. The fourth-order valence-electron chi connectivity index (χ4n) is 0.721. The molecular formula is C12H4Cl2N2O4. The molecule has 0 aliphatic heterocycles. The van der Waals surface area contributed by atoms with E-state index in [1.54, 1.807) is 6.04 Å². The Morgan fingerprint density at radius 1 is 1.30 bits per heavy atom. The van der Waals surface area contributed by atoms with Crippen LogP contribution in [0.2, 0.25) is 5.02 Å². The van der Waals surface area contributed by atoms with Crippen molar-refractivity contribution in [2.24, 2.45) is 0 Å². The summed E-state index contributed by atoms with van der Waals surface area (Å²) in [6.45, 7) is 0. The summed E-state index contributed by atoms with van der Waals surface area (Å²) in [5.41, 5.74) is -0.369. The van der Waals surface area contributed by atoms with E-state index in [0.717, 1.165) is 0 Å². The van der Waals surface area contributed by atoms with E-state index in [2.05, 4.69) is 22.7 Å². The van der Waals surface area contributed by atoms with Crippen LogP contribution in [-0.4, -0.2) is 16.2 Å². The Morgan fingerprint density at radius 2 is 1.95 bits per heavy atom. The van der Waals surface area contributed by atoms with Crippen LogP contribution in [0.3, 0.4) is 0 Å². The number of aromatic nitrogens is 1. The third-order valence-corrected chi connectivity index (χ3v) is 1.72. The van der Waals surface area contributed by atoms with Crippen LogP contribution in [0.4, 0.5) is 0 Å². The Bertz CT molecular complexity index is 736. The monoisotopic (exact) mass is 310 g/mol. The summed E-state index contributed by atoms with van der Waals surface area (Å²) in [6.07, 6.45) is 1.79. The van der Waals surface area contributed by atoms with Crippen molar-refractivity contribution in [1.29, 1.82) is 0 Å². The maximum atomic E-state index is 10.7. The van der Waals surface area contributed by atoms with E-state index in [0.29, 0.717) is 11.3 Å². The summed E-state index contributed by atoms with van der Waals surface area (Å²) in [4.78, 5) is 31.8. The first-order valence-corrected chi connectivity index (χ1v) is 5.36. The third kappa shape index (κ3) is 8.38. The van der Waals surface area contributed by atoms with E-state index in [9.17, 15) is 19.7 Å². The van der Waals surface area contributed by atoms with Gasteiger partial charge in [0, 0.05) is 29.3 Å². The second kappa shape index (κ2) is 10.2. The Labute approximate surface area is 123 Å². The number of rotatable bonds is 1. The van der Waals surface area contributed by atoms with Crippen LogP contribution in [0.1, 0.15) is 10.4 Å². The number of carbonyl (C=O) groups is 1. The van der Waals surface area contributed by atoms with Crippen molar-refractivity contribution in [2.45, 2.75) is 0 Å². The summed E-state index contributed by atoms with van der Waals surface area (Å²) in [6, 6.07) is 2.91. The standard InChI is InChI=1S/C6H4ClNO2.C6ClNO2/c7-5-1-4(3-9)6(10)8-2-5;7-5-3-1-2-4-6-8(9)10/h1-3H,(H,8,10);. The molecule has 0 spiro atoms. The van der Waals surface area contributed by atoms with E-state index < -0.39 is 10.5 Å². The van der Waals surface area contributed by atoms with Crippen molar-refractivity contribution in [3.05, 3.63) is 43.3 Å². The van der Waals surface area contributed by atoms with Crippen LogP contribution in [-0.2, 0) is 0 Å². The summed E-state index contributed by atoms with van der Waals surface area (Å²) >= 11 is 10.4. The topological polar surface area (TPSA) is 93.1 Å². The minimum absolute atomic E-state index is 0.0486. The highest BCUT2D eigenvalue weighted by Crippen LogP contribution is 2.02. The van der Waals surface area contributed by atoms with E-state index in [1.807, 2.05) is 11.3 Å². The molecule has 8 heteroatoms. The largest absolute Gasteiger partial charge is 0.327 e. The van der Waals surface area contributed by atoms with Gasteiger partial charge in [0.05, 0.1) is 16.5 Å². The quantitative estimate of drug-likeness (QED) is 0.278. The molecule has 0 aromatic carbocycles. The molecule has 1 aromatic heterocycles. The zero-order chi connectivity index (χ0) is 15.4. The van der Waals surface area contributed by atoms with Crippen LogP contribution in [0.25, 0.3) is 0 Å². The predicted molar refractivity (Wildman–Crippen MR) is 73.6 cm³/mol. The molecule has 20 heavy (non-hydrogen) atoms. The molecule has 0 radical (unpaired) electrons. The van der Waals surface area contributed by atoms with Crippen molar-refractivity contribution in [2.75, 3.05) is 0 Å². The predicted octanol–water partition coefficient (Wildman–Crippen LogP) is 1.27. The molecule has 0 aliphatic rings. The number of hydrogen-bond acceptors (Lipinski definition) is 4. The third-order valence-electron chi connectivity index (χ3n) is 1.41. The molecule has 0 saturated heterocycles. The molecule has 1 rings (SSSR count). The van der Waals surface area contributed by atoms with Crippen molar-refractivity contribution in [3.63, 3.8) is 0 Å². The number of H-pyrrole nitrogens is 1. The van der Waals surface area contributed by atoms with Gasteiger partial charge in [-0.15, -0.1) is 0 Å². The van der Waals surface area contributed by atoms with Gasteiger partial charge >= 0.3 is 6.04 Å². The van der Waals surface area contributed by atoms with Crippen molar-refractivity contribution >= 4 is 29.5 Å². The van der Waals surface area contributed by atoms with Crippen molar-refractivity contribution in [1.82, 2.24) is 4.98 Å². The maximum absolute atomic E-state index is 10.7. The fourth-order valence-corrected chi connectivity index (χ4v) is 0.940. The van der Waals surface area contributed by atoms with Crippen molar-refractivity contribution in [3.8, 4) is 35.1 Å². The van der Waals surface area contributed by atoms with Crippen molar-refractivity contribution < 1.29 is 9.72 Å². The zero-order valence-electron chi connectivity index (χ0n) is 9.57. The van der Waals surface area contributed by atoms with Gasteiger partial charge in [0.25, 0.3) is 5.56 Å². The molecule has 0 atom stereocenters. The SMILES string of the molecule is O=Cc1cc(Cl)c[nH]c1=O.O=[N+]([O-])C#CC#CC#CCl. The minimum Gasteiger partial charge on any atom is -0.327 e. The first-order chi connectivity index (χ1) is 9.51. The number of nitrogens with one attached hydrogen (secondary N) is 1. The van der Waals surface area contributed by atoms with Crippen LogP contribution in [0, 0.1) is 45.2 Å². The number of hydrogen-bond donors (Lipinski definition) is 1. The zero-order valence-corrected chi connectivity index (χ0v) is 11.1. The molecule has 1 aromatic rings. The van der Waals surface area contributed by atoms with Gasteiger partial charge in [0.1, 0.15) is 4.92 Å². The highest BCUT2D eigenvalue weighted by Gasteiger charge is 1.96. The second-order valence-corrected chi connectivity index (χ2v) is 3.31. The van der Waals surface area contributed by atoms with Gasteiger partial charge in [-0.3, -0.25) is 9.59 Å². The number of aromatic amines is 1. The summed E-state index contributed by atoms with van der Waals surface area (Å²) in [5.74, 6) is 8.38. The molecule has 0 unspecified atom stereocenters. The lowest BCUT2D eigenvalue weighted by Crippen LogP contribution is -2.09. The van der Waals surface area contributed by atoms with Crippen LogP contribution in [0.15, 0.2) is 17.1 Å². The smallest absolute Gasteiger partial charge is 0.304 e. The van der Waals surface area contributed by atoms with E-state index in [1.165, 1.54) is 12.3 Å². The average Bonchev–Trinajstić information content (AvgIpc) is 2.42. The van der Waals surface area contributed by atoms with Gasteiger partial charge in [-0.25, -0.2) is 10.1 Å². The second-order valence-electron chi connectivity index (χ2n) is 2.68. The van der Waals surface area contributed by atoms with Gasteiger partial charge in [0.15, 0.2) is 6.29 Å². The summed E-state index contributed by atoms with van der Waals surface area (Å²) < 4.78 is 0. The number of nitrogens with zero attached hydrogens (tertiary/aromatic N) is 1. The molecule has 0 bridgehead atoms. The summed E-state index contributed by atoms with van der Waals surface area (Å²) in [7, 11) is 0. The minimum atomic E-state index is -0.789. The van der Waals surface area contributed by atoms with Gasteiger partial charge in [-0.1, -0.05) is 11.6 Å². The maximum Gasteiger partial charge on any atom is 0.304 e. The Balaban J connectivity index is 0.000000361. The number of pyridine rings is 1. The molecule has 100 valence electrons. The van der Waals surface area contributed by atoms with Crippen LogP contribution < -0.4 is 5.56 Å². The first kappa shape index (κ1) is 17.3. The highest BCUT2D eigenvalue weighted by atomic mass is 35.5. The molecule has 6 nitrogen and oxygen atoms in total. The Kier molecular flexibility index (Phi) is 8.83. The van der Waals surface area contributed by atoms with Crippen LogP contribution >= 0.6 is 23.2 Å². The first-order valence-electron chi connectivity index (χ1n) is 4.60. The molecule has 0 amide bonds. The van der Waals surface area contributed by atoms with Crippen LogP contribution in [0.5, 0.6) is 0 Å². The summed E-state index contributed by atoms with van der Waals surface area (Å²) in [5, 5.41) is 11.8. The lowest BCUT2D eigenvalue weighted by molar-refractivity contribution is -0.379. The number of aldehydes is 1. The number of nitro groups is 1. The lowest BCUT2D eigenvalue weighted by atomic mass is 10.3. The molecule has 0 fully saturated rings. The van der Waals surface area contributed by atoms with E-state index in [-0.39, 0.29) is 5.56 Å². The normalized spacial score (nSPS) is 7.10. The Hall–Kier alpha value is -2.72. The van der Waals surface area contributed by atoms with Gasteiger partial charge < -0.3 is 4.98 Å². The van der Waals surface area contributed by atoms with Gasteiger partial charge in [-0.2, -0.15) is 0 Å². The van der Waals surface area contributed by atoms with Gasteiger partial charge in [-0.05, 0) is 17.7 Å². The Morgan fingerprint density at radius 3 is 2.45 bits per heavy atom.